The molecule has 1 aliphatic rings. The number of benzene rings is 3. The van der Waals surface area contributed by atoms with E-state index in [1.165, 1.54) is 12.1 Å². The van der Waals surface area contributed by atoms with E-state index in [9.17, 15) is 10.1 Å². The number of nitrogens with zero attached hydrogens (tertiary/aromatic N) is 1. The summed E-state index contributed by atoms with van der Waals surface area (Å²) in [6, 6.07) is 16.1. The van der Waals surface area contributed by atoms with E-state index in [0.29, 0.717) is 9.50 Å². The van der Waals surface area contributed by atoms with Gasteiger partial charge in [-0.15, -0.1) is 0 Å². The molecule has 3 aromatic carbocycles. The molecule has 0 radical (unpaired) electrons. The zero-order valence-corrected chi connectivity index (χ0v) is 33.2. The minimum atomic E-state index is -0.521. The summed E-state index contributed by atoms with van der Waals surface area (Å²) in [5.74, 6) is 0. The number of halogens is 6. The maximum Gasteiger partial charge on any atom is 2.00 e. The van der Waals surface area contributed by atoms with Gasteiger partial charge in [0.1, 0.15) is 5.02 Å². The van der Waals surface area contributed by atoms with Crippen LogP contribution in [-0.4, -0.2) is 56.3 Å². The van der Waals surface area contributed by atoms with Crippen molar-refractivity contribution in [1.29, 1.82) is 0 Å². The molecule has 6 rings (SSSR count). The second kappa shape index (κ2) is 17.9. The van der Waals surface area contributed by atoms with Crippen molar-refractivity contribution in [2.24, 2.45) is 0 Å². The zero-order chi connectivity index (χ0) is 32.1. The first-order valence-electron chi connectivity index (χ1n) is 12.7. The predicted molar refractivity (Wildman–Crippen MR) is 192 cm³/mol. The topological polar surface area (TPSA) is 93.2 Å². The van der Waals surface area contributed by atoms with E-state index in [2.05, 4.69) is 82.7 Å². The Labute approximate surface area is 321 Å². The molecule has 1 fully saturated rings. The fourth-order valence-corrected chi connectivity index (χ4v) is 5.47. The van der Waals surface area contributed by atoms with Crippen LogP contribution in [-0.2, 0) is 9.31 Å². The number of H-pyrrole nitrogens is 2. The van der Waals surface area contributed by atoms with Crippen molar-refractivity contribution in [2.75, 3.05) is 0 Å². The van der Waals surface area contributed by atoms with Gasteiger partial charge in [-0.25, -0.2) is 0 Å². The van der Waals surface area contributed by atoms with E-state index >= 15 is 0 Å². The quantitative estimate of drug-likeness (QED) is 0.0871. The van der Waals surface area contributed by atoms with Crippen molar-refractivity contribution in [1.82, 2.24) is 9.97 Å². The fourth-order valence-electron chi connectivity index (χ4n) is 4.03. The third kappa shape index (κ3) is 9.98. The summed E-state index contributed by atoms with van der Waals surface area (Å²) in [4.78, 5) is 16.0. The van der Waals surface area contributed by atoms with E-state index < -0.39 is 4.92 Å². The Bertz CT molecular complexity index is 1700. The van der Waals surface area contributed by atoms with Gasteiger partial charge in [0.15, 0.2) is 0 Å². The van der Waals surface area contributed by atoms with Gasteiger partial charge < -0.3 is 42.8 Å². The Morgan fingerprint density at radius 2 is 1.29 bits per heavy atom. The number of hydrogen-bond acceptors (Lipinski definition) is 4. The molecule has 0 unspecified atom stereocenters. The van der Waals surface area contributed by atoms with Crippen molar-refractivity contribution in [2.45, 2.75) is 38.9 Å². The molecule has 0 amide bonds. The average molecular weight is 876 g/mol. The summed E-state index contributed by atoms with van der Waals surface area (Å²) < 4.78 is 13.9. The molecular formula is C30H28BBr3Cl3MgN3O4. The van der Waals surface area contributed by atoms with Crippen LogP contribution < -0.4 is 22.4 Å². The smallest absolute Gasteiger partial charge is 1.00 e. The van der Waals surface area contributed by atoms with Gasteiger partial charge >= 0.3 is 30.2 Å². The van der Waals surface area contributed by atoms with Crippen molar-refractivity contribution < 1.29 is 31.2 Å². The van der Waals surface area contributed by atoms with Crippen LogP contribution in [0.2, 0.25) is 15.1 Å². The summed E-state index contributed by atoms with van der Waals surface area (Å²) in [6.07, 6.45) is 3.76. The van der Waals surface area contributed by atoms with Gasteiger partial charge in [0.2, 0.25) is 0 Å². The standard InChI is InChI=1S/C14H17BClNO2.C8H5BrClN.C6H3BrClNO2.C2H3.BrH.Mg/c1-13(2)14(3,4)19-15(18-13)10-5-6-11(16)12-9(10)7-8-17-12;9-6-1-2-7(10)8-5(6)3-4-11-8;7-4-1-2-5(8)6(3-4)9(10)11;1-2;;/h5-8,17H,1-4H3;1-4,11H;1-3H;1H,2H2;1H;/q;;;-1;;+2/p-1. The van der Waals surface area contributed by atoms with Crippen LogP contribution in [0.15, 0.2) is 82.5 Å². The van der Waals surface area contributed by atoms with Gasteiger partial charge in [-0.05, 0) is 75.6 Å². The molecule has 0 aliphatic carbocycles. The Kier molecular flexibility index (Phi) is 16.7. The molecule has 7 nitrogen and oxygen atoms in total. The largest absolute Gasteiger partial charge is 2.00 e. The van der Waals surface area contributed by atoms with Crippen LogP contribution in [0, 0.1) is 16.7 Å². The van der Waals surface area contributed by atoms with Crippen LogP contribution >= 0.6 is 66.7 Å². The van der Waals surface area contributed by atoms with Crippen LogP contribution in [0.4, 0.5) is 5.69 Å². The summed E-state index contributed by atoms with van der Waals surface area (Å²) >= 11 is 24.2. The number of nitrogens with one attached hydrogen (secondary N) is 2. The third-order valence-electron chi connectivity index (χ3n) is 6.94. The maximum atomic E-state index is 10.3. The molecule has 2 N–H and O–H groups in total. The molecule has 234 valence electrons. The normalized spacial score (nSPS) is 14.0. The van der Waals surface area contributed by atoms with Crippen LogP contribution in [0.5, 0.6) is 0 Å². The second-order valence-corrected chi connectivity index (χ2v) is 13.1. The minimum Gasteiger partial charge on any atom is -1.00 e. The van der Waals surface area contributed by atoms with E-state index in [1.807, 2.05) is 48.8 Å². The molecule has 15 heteroatoms. The number of fused-ring (bicyclic) bond motifs is 2. The number of hydrogen-bond donors (Lipinski definition) is 2. The minimum absolute atomic E-state index is 0. The van der Waals surface area contributed by atoms with Crippen LogP contribution in [0.25, 0.3) is 21.8 Å². The van der Waals surface area contributed by atoms with Gasteiger partial charge in [-0.3, -0.25) is 16.7 Å². The maximum absolute atomic E-state index is 10.3. The molecule has 2 aromatic heterocycles. The van der Waals surface area contributed by atoms with Crippen molar-refractivity contribution in [3.63, 3.8) is 0 Å². The molecule has 5 aromatic rings. The number of nitro groups is 1. The number of nitro benzene ring substituents is 1. The van der Waals surface area contributed by atoms with Crippen molar-refractivity contribution >= 4 is 130 Å². The van der Waals surface area contributed by atoms with Crippen LogP contribution in [0.3, 0.4) is 0 Å². The molecule has 1 saturated heterocycles. The molecule has 3 heterocycles. The first kappa shape index (κ1) is 42.0. The van der Waals surface area contributed by atoms with E-state index in [4.69, 9.17) is 44.1 Å². The molecule has 0 bridgehead atoms. The predicted octanol–water partition coefficient (Wildman–Crippen LogP) is 6.94. The summed E-state index contributed by atoms with van der Waals surface area (Å²) in [7, 11) is -0.361. The summed E-state index contributed by atoms with van der Waals surface area (Å²) in [6.45, 7) is 15.2. The van der Waals surface area contributed by atoms with Crippen LogP contribution in [0.1, 0.15) is 27.7 Å². The van der Waals surface area contributed by atoms with Crippen molar-refractivity contribution in [3.05, 3.63) is 114 Å². The molecule has 45 heavy (non-hydrogen) atoms. The van der Waals surface area contributed by atoms with E-state index in [1.54, 1.807) is 6.07 Å². The number of aromatic nitrogens is 2. The molecule has 0 spiro atoms. The van der Waals surface area contributed by atoms with Gasteiger partial charge in [-0.2, -0.15) is 0 Å². The first-order chi connectivity index (χ1) is 20.2. The Balaban J connectivity index is 0.000000339. The Morgan fingerprint density at radius 1 is 0.822 bits per heavy atom. The van der Waals surface area contributed by atoms with Gasteiger partial charge in [-0.1, -0.05) is 72.7 Å². The summed E-state index contributed by atoms with van der Waals surface area (Å²) in [5, 5.41) is 14.1. The second-order valence-electron chi connectivity index (χ2n) is 10.1. The molecule has 1 aliphatic heterocycles. The monoisotopic (exact) mass is 871 g/mol. The number of rotatable bonds is 2. The van der Waals surface area contributed by atoms with Gasteiger partial charge in [0.05, 0.1) is 37.2 Å². The molecule has 0 atom stereocenters. The van der Waals surface area contributed by atoms with Gasteiger partial charge in [0, 0.05) is 38.2 Å². The summed E-state index contributed by atoms with van der Waals surface area (Å²) in [5.41, 5.74) is 2.18. The SMILES string of the molecule is CC1(C)OB(c2ccc(Cl)c3[nH]ccc23)OC1(C)C.Clc1ccc(Br)c2cc[nH]c12.O=[N+]([O-])c1cc(Br)ccc1Cl.[Br-].[CH-]=C.[Mg+2]. The molecule has 0 saturated carbocycles. The van der Waals surface area contributed by atoms with Crippen molar-refractivity contribution in [3.8, 4) is 0 Å². The Hall–Kier alpha value is -1.06. The van der Waals surface area contributed by atoms with E-state index in [0.717, 1.165) is 36.8 Å². The van der Waals surface area contributed by atoms with E-state index in [-0.39, 0.29) is 69.1 Å². The Morgan fingerprint density at radius 3 is 1.78 bits per heavy atom. The average Bonchev–Trinajstić information content (AvgIpc) is 3.69. The van der Waals surface area contributed by atoms with Gasteiger partial charge in [0.25, 0.3) is 5.69 Å². The first-order valence-corrected chi connectivity index (χ1v) is 15.5. The fraction of sp³-hybridized carbons (Fsp3) is 0.200. The zero-order valence-electron chi connectivity index (χ0n) is 24.8. The third-order valence-corrected chi connectivity index (χ3v) is 9.07. The molecular weight excluding hydrogens is 848 g/mol. The number of aromatic amines is 2.